The second-order valence-electron chi connectivity index (χ2n) is 3.88. The van der Waals surface area contributed by atoms with Crippen LogP contribution in [0.15, 0.2) is 48.7 Å². The maximum absolute atomic E-state index is 11.2. The standard InChI is InChI=1S/C15H15NO2/c1-18-15(17)12-16-11-5-8-14(16)10-9-13-6-3-2-4-7-13/h2-11H,12H2,1H3/b10-9+. The van der Waals surface area contributed by atoms with Gasteiger partial charge in [0.2, 0.25) is 0 Å². The molecule has 0 radical (unpaired) electrons. The predicted octanol–water partition coefficient (Wildman–Crippen LogP) is 2.83. The molecule has 0 aliphatic carbocycles. The second kappa shape index (κ2) is 5.87. The normalized spacial score (nSPS) is 10.7. The van der Waals surface area contributed by atoms with Crippen LogP contribution in [0.1, 0.15) is 11.3 Å². The molecular weight excluding hydrogens is 226 g/mol. The van der Waals surface area contributed by atoms with Gasteiger partial charge in [-0.1, -0.05) is 36.4 Å². The number of ether oxygens (including phenoxy) is 1. The van der Waals surface area contributed by atoms with Gasteiger partial charge >= 0.3 is 5.97 Å². The number of aromatic nitrogens is 1. The van der Waals surface area contributed by atoms with E-state index in [0.717, 1.165) is 11.3 Å². The number of methoxy groups -OCH3 is 1. The van der Waals surface area contributed by atoms with Crippen LogP contribution in [-0.2, 0) is 16.1 Å². The minimum Gasteiger partial charge on any atom is -0.468 e. The lowest BCUT2D eigenvalue weighted by molar-refractivity contribution is -0.141. The van der Waals surface area contributed by atoms with Crippen LogP contribution in [0.2, 0.25) is 0 Å². The molecule has 1 aromatic carbocycles. The molecule has 0 saturated heterocycles. The van der Waals surface area contributed by atoms with E-state index in [1.807, 2.05) is 65.4 Å². The molecule has 0 aliphatic rings. The van der Waals surface area contributed by atoms with Crippen molar-refractivity contribution in [3.63, 3.8) is 0 Å². The van der Waals surface area contributed by atoms with Crippen molar-refractivity contribution >= 4 is 18.1 Å². The second-order valence-corrected chi connectivity index (χ2v) is 3.88. The van der Waals surface area contributed by atoms with Crippen LogP contribution in [0.5, 0.6) is 0 Å². The van der Waals surface area contributed by atoms with Gasteiger partial charge in [-0.15, -0.1) is 0 Å². The fourth-order valence-corrected chi connectivity index (χ4v) is 1.67. The lowest BCUT2D eigenvalue weighted by Gasteiger charge is -2.04. The van der Waals surface area contributed by atoms with Crippen LogP contribution in [-0.4, -0.2) is 17.6 Å². The van der Waals surface area contributed by atoms with Gasteiger partial charge in [-0.25, -0.2) is 0 Å². The van der Waals surface area contributed by atoms with Gasteiger partial charge in [-0.2, -0.15) is 0 Å². The maximum atomic E-state index is 11.2. The highest BCUT2D eigenvalue weighted by atomic mass is 16.5. The first-order chi connectivity index (χ1) is 8.79. The van der Waals surface area contributed by atoms with Gasteiger partial charge in [-0.3, -0.25) is 4.79 Å². The summed E-state index contributed by atoms with van der Waals surface area (Å²) in [5.41, 5.74) is 2.10. The van der Waals surface area contributed by atoms with Gasteiger partial charge in [0, 0.05) is 11.9 Å². The SMILES string of the molecule is COC(=O)Cn1cccc1/C=C/c1ccccc1. The molecule has 0 saturated carbocycles. The third-order valence-electron chi connectivity index (χ3n) is 2.64. The van der Waals surface area contributed by atoms with Gasteiger partial charge in [-0.05, 0) is 23.8 Å². The molecule has 0 aliphatic heterocycles. The van der Waals surface area contributed by atoms with Crippen molar-refractivity contribution in [2.24, 2.45) is 0 Å². The highest BCUT2D eigenvalue weighted by molar-refractivity contribution is 5.71. The average Bonchev–Trinajstić information content (AvgIpc) is 2.84. The molecule has 0 spiro atoms. The molecule has 0 fully saturated rings. The van der Waals surface area contributed by atoms with Crippen LogP contribution >= 0.6 is 0 Å². The van der Waals surface area contributed by atoms with E-state index in [9.17, 15) is 4.79 Å². The molecule has 0 bridgehead atoms. The van der Waals surface area contributed by atoms with Crippen LogP contribution in [0, 0.1) is 0 Å². The number of hydrogen-bond donors (Lipinski definition) is 0. The Hall–Kier alpha value is -2.29. The number of carbonyl (C=O) groups is 1. The number of nitrogens with zero attached hydrogens (tertiary/aromatic N) is 1. The fraction of sp³-hybridized carbons (Fsp3) is 0.133. The molecule has 1 heterocycles. The van der Waals surface area contributed by atoms with Crippen LogP contribution in [0.4, 0.5) is 0 Å². The van der Waals surface area contributed by atoms with Gasteiger partial charge < -0.3 is 9.30 Å². The summed E-state index contributed by atoms with van der Waals surface area (Å²) in [6.45, 7) is 0.234. The van der Waals surface area contributed by atoms with Crippen molar-refractivity contribution in [3.05, 3.63) is 59.9 Å². The van der Waals surface area contributed by atoms with E-state index in [4.69, 9.17) is 0 Å². The Morgan fingerprint density at radius 1 is 1.17 bits per heavy atom. The molecular formula is C15H15NO2. The first-order valence-corrected chi connectivity index (χ1v) is 5.74. The fourth-order valence-electron chi connectivity index (χ4n) is 1.67. The van der Waals surface area contributed by atoms with Crippen LogP contribution < -0.4 is 0 Å². The highest BCUT2D eigenvalue weighted by Crippen LogP contribution is 2.09. The maximum Gasteiger partial charge on any atom is 0.325 e. The molecule has 0 atom stereocenters. The Labute approximate surface area is 106 Å². The van der Waals surface area contributed by atoms with E-state index in [1.54, 1.807) is 0 Å². The summed E-state index contributed by atoms with van der Waals surface area (Å²) < 4.78 is 6.51. The van der Waals surface area contributed by atoms with Crippen LogP contribution in [0.25, 0.3) is 12.2 Å². The van der Waals surface area contributed by atoms with Crippen LogP contribution in [0.3, 0.4) is 0 Å². The van der Waals surface area contributed by atoms with E-state index < -0.39 is 0 Å². The van der Waals surface area contributed by atoms with E-state index in [-0.39, 0.29) is 12.5 Å². The molecule has 2 aromatic rings. The largest absolute Gasteiger partial charge is 0.468 e. The molecule has 0 unspecified atom stereocenters. The van der Waals surface area contributed by atoms with E-state index in [1.165, 1.54) is 7.11 Å². The quantitative estimate of drug-likeness (QED) is 0.771. The Morgan fingerprint density at radius 3 is 2.67 bits per heavy atom. The Balaban J connectivity index is 2.13. The number of hydrogen-bond acceptors (Lipinski definition) is 2. The smallest absolute Gasteiger partial charge is 0.325 e. The van der Waals surface area contributed by atoms with Crippen molar-refractivity contribution in [1.82, 2.24) is 4.57 Å². The molecule has 18 heavy (non-hydrogen) atoms. The third kappa shape index (κ3) is 3.10. The number of carbonyl (C=O) groups excluding carboxylic acids is 1. The number of rotatable bonds is 4. The van der Waals surface area contributed by atoms with Gasteiger partial charge in [0.05, 0.1) is 7.11 Å². The van der Waals surface area contributed by atoms with Crippen molar-refractivity contribution in [3.8, 4) is 0 Å². The number of benzene rings is 1. The summed E-state index contributed by atoms with van der Waals surface area (Å²) in [5, 5.41) is 0. The zero-order valence-electron chi connectivity index (χ0n) is 10.2. The molecule has 0 amide bonds. The van der Waals surface area contributed by atoms with E-state index >= 15 is 0 Å². The molecule has 92 valence electrons. The predicted molar refractivity (Wildman–Crippen MR) is 71.8 cm³/mol. The van der Waals surface area contributed by atoms with Gasteiger partial charge in [0.15, 0.2) is 0 Å². The zero-order chi connectivity index (χ0) is 12.8. The highest BCUT2D eigenvalue weighted by Gasteiger charge is 2.03. The van der Waals surface area contributed by atoms with Crippen molar-refractivity contribution in [2.75, 3.05) is 7.11 Å². The molecule has 3 heteroatoms. The first kappa shape index (κ1) is 12.2. The Bertz CT molecular complexity index is 541. The summed E-state index contributed by atoms with van der Waals surface area (Å²) in [6.07, 6.45) is 5.86. The summed E-state index contributed by atoms with van der Waals surface area (Å²) in [4.78, 5) is 11.2. The minimum atomic E-state index is -0.249. The number of esters is 1. The molecule has 3 nitrogen and oxygen atoms in total. The Kier molecular flexibility index (Phi) is 3.97. The van der Waals surface area contributed by atoms with Crippen molar-refractivity contribution in [2.45, 2.75) is 6.54 Å². The monoisotopic (exact) mass is 241 g/mol. The minimum absolute atomic E-state index is 0.234. The summed E-state index contributed by atoms with van der Waals surface area (Å²) >= 11 is 0. The lowest BCUT2D eigenvalue weighted by Crippen LogP contribution is -2.11. The van der Waals surface area contributed by atoms with Gasteiger partial charge in [0.1, 0.15) is 6.54 Å². The van der Waals surface area contributed by atoms with E-state index in [2.05, 4.69) is 4.74 Å². The zero-order valence-corrected chi connectivity index (χ0v) is 10.2. The molecule has 0 N–H and O–H groups in total. The molecule has 1 aromatic heterocycles. The van der Waals surface area contributed by atoms with Crippen molar-refractivity contribution in [1.29, 1.82) is 0 Å². The third-order valence-corrected chi connectivity index (χ3v) is 2.64. The average molecular weight is 241 g/mol. The molecule has 2 rings (SSSR count). The topological polar surface area (TPSA) is 31.2 Å². The summed E-state index contributed by atoms with van der Waals surface area (Å²) in [5.74, 6) is -0.249. The van der Waals surface area contributed by atoms with E-state index in [0.29, 0.717) is 0 Å². The first-order valence-electron chi connectivity index (χ1n) is 5.74. The summed E-state index contributed by atoms with van der Waals surface area (Å²) in [7, 11) is 1.39. The van der Waals surface area contributed by atoms with Gasteiger partial charge in [0.25, 0.3) is 0 Å². The lowest BCUT2D eigenvalue weighted by atomic mass is 10.2. The summed E-state index contributed by atoms with van der Waals surface area (Å²) in [6, 6.07) is 13.9. The Morgan fingerprint density at radius 2 is 1.94 bits per heavy atom. The van der Waals surface area contributed by atoms with Crippen molar-refractivity contribution < 1.29 is 9.53 Å².